The van der Waals surface area contributed by atoms with E-state index in [1.807, 2.05) is 31.7 Å². The fourth-order valence-electron chi connectivity index (χ4n) is 5.71. The molecule has 6 rings (SSSR count). The van der Waals surface area contributed by atoms with Crippen LogP contribution in [0.1, 0.15) is 50.8 Å². The molecule has 0 radical (unpaired) electrons. The van der Waals surface area contributed by atoms with Gasteiger partial charge >= 0.3 is 5.69 Å². The molecule has 4 aromatic rings. The molecule has 2 aliphatic heterocycles. The van der Waals surface area contributed by atoms with Crippen molar-refractivity contribution >= 4 is 16.9 Å². The average Bonchev–Trinajstić information content (AvgIpc) is 2.94. The first-order valence-corrected chi connectivity index (χ1v) is 13.9. The van der Waals surface area contributed by atoms with E-state index < -0.39 is 17.3 Å². The molecule has 0 amide bonds. The summed E-state index contributed by atoms with van der Waals surface area (Å²) in [5, 5.41) is 3.72. The van der Waals surface area contributed by atoms with Gasteiger partial charge in [0.15, 0.2) is 11.5 Å². The molecule has 2 bridgehead atoms. The number of ether oxygens (including phenoxy) is 1. The number of nitrogens with zero attached hydrogens (tertiary/aromatic N) is 5. The van der Waals surface area contributed by atoms with Gasteiger partial charge in [0.05, 0.1) is 28.9 Å². The van der Waals surface area contributed by atoms with Gasteiger partial charge in [-0.25, -0.2) is 23.1 Å². The standard InChI is InChI=1S/C30H32F2N6O2/c1-17(2)25-27-19(10-11-34-25)7-4-5-14-40-23-9-6-8-21(31)24(23)26-22(32)15-20-28(37-13-12-33-16-18(37)3)36-30(39)38(27)29(20)35-26/h6,8-11,15,17-18,33H,4-5,7,12-14,16H2,1-3H3/t18-/m0/s1. The number of fused-ring (bicyclic) bond motifs is 5. The lowest BCUT2D eigenvalue weighted by Gasteiger charge is -2.35. The van der Waals surface area contributed by atoms with E-state index >= 15 is 8.78 Å². The van der Waals surface area contributed by atoms with Crippen molar-refractivity contribution in [3.05, 3.63) is 69.9 Å². The van der Waals surface area contributed by atoms with Crippen LogP contribution in [0, 0.1) is 11.6 Å². The van der Waals surface area contributed by atoms with Gasteiger partial charge in [0.2, 0.25) is 0 Å². The van der Waals surface area contributed by atoms with Gasteiger partial charge in [-0.05, 0) is 61.9 Å². The number of piperazine rings is 1. The molecule has 40 heavy (non-hydrogen) atoms. The lowest BCUT2D eigenvalue weighted by Crippen LogP contribution is -2.50. The second-order valence-corrected chi connectivity index (χ2v) is 10.8. The van der Waals surface area contributed by atoms with Crippen molar-refractivity contribution < 1.29 is 13.5 Å². The number of anilines is 1. The maximum atomic E-state index is 16.0. The summed E-state index contributed by atoms with van der Waals surface area (Å²) in [5.41, 5.74) is 1.65. The van der Waals surface area contributed by atoms with Gasteiger partial charge in [0.1, 0.15) is 23.1 Å². The number of aryl methyl sites for hydroxylation is 1. The van der Waals surface area contributed by atoms with Gasteiger partial charge in [0, 0.05) is 31.9 Å². The molecule has 10 heteroatoms. The lowest BCUT2D eigenvalue weighted by atomic mass is 10.00. The van der Waals surface area contributed by atoms with Gasteiger partial charge in [-0.3, -0.25) is 4.98 Å². The van der Waals surface area contributed by atoms with E-state index in [9.17, 15) is 4.79 Å². The third-order valence-electron chi connectivity index (χ3n) is 7.69. The molecule has 3 aromatic heterocycles. The molecular weight excluding hydrogens is 514 g/mol. The Labute approximate surface area is 231 Å². The second-order valence-electron chi connectivity index (χ2n) is 10.8. The number of hydrogen-bond acceptors (Lipinski definition) is 7. The van der Waals surface area contributed by atoms with Crippen LogP contribution in [0.15, 0.2) is 41.3 Å². The van der Waals surface area contributed by atoms with Gasteiger partial charge in [-0.15, -0.1) is 0 Å². The fourth-order valence-corrected chi connectivity index (χ4v) is 5.71. The smallest absolute Gasteiger partial charge is 0.355 e. The number of pyridine rings is 2. The molecular formula is C30H32F2N6O2. The summed E-state index contributed by atoms with van der Waals surface area (Å²) >= 11 is 0. The maximum absolute atomic E-state index is 16.0. The third kappa shape index (κ3) is 4.50. The predicted octanol–water partition coefficient (Wildman–Crippen LogP) is 4.76. The molecule has 2 aliphatic rings. The summed E-state index contributed by atoms with van der Waals surface area (Å²) < 4.78 is 38.8. The van der Waals surface area contributed by atoms with E-state index in [4.69, 9.17) is 9.72 Å². The Bertz CT molecular complexity index is 1650. The summed E-state index contributed by atoms with van der Waals surface area (Å²) in [5.74, 6) is -0.798. The molecule has 0 saturated carbocycles. The zero-order valence-corrected chi connectivity index (χ0v) is 22.9. The molecule has 5 heterocycles. The number of benzene rings is 1. The average molecular weight is 547 g/mol. The Balaban J connectivity index is 1.76. The minimum Gasteiger partial charge on any atom is -0.493 e. The van der Waals surface area contributed by atoms with E-state index in [2.05, 4.69) is 15.3 Å². The molecule has 1 atom stereocenters. The highest BCUT2D eigenvalue weighted by Crippen LogP contribution is 2.37. The van der Waals surface area contributed by atoms with Gasteiger partial charge in [-0.2, -0.15) is 4.98 Å². The van der Waals surface area contributed by atoms with Crippen molar-refractivity contribution in [2.45, 2.75) is 52.0 Å². The summed E-state index contributed by atoms with van der Waals surface area (Å²) in [4.78, 5) is 29.9. The molecule has 0 spiro atoms. The normalized spacial score (nSPS) is 17.6. The van der Waals surface area contributed by atoms with Crippen LogP contribution >= 0.6 is 0 Å². The van der Waals surface area contributed by atoms with E-state index in [0.29, 0.717) is 56.0 Å². The van der Waals surface area contributed by atoms with Crippen LogP contribution in [0.3, 0.4) is 0 Å². The first kappa shape index (κ1) is 26.3. The Kier molecular flexibility index (Phi) is 6.95. The summed E-state index contributed by atoms with van der Waals surface area (Å²) in [6.45, 7) is 8.37. The van der Waals surface area contributed by atoms with Gasteiger partial charge < -0.3 is 15.0 Å². The van der Waals surface area contributed by atoms with Crippen molar-refractivity contribution in [3.8, 4) is 22.7 Å². The number of aromatic nitrogens is 4. The number of rotatable bonds is 2. The zero-order chi connectivity index (χ0) is 28.0. The van der Waals surface area contributed by atoms with Crippen molar-refractivity contribution in [2.75, 3.05) is 31.1 Å². The highest BCUT2D eigenvalue weighted by atomic mass is 19.1. The summed E-state index contributed by atoms with van der Waals surface area (Å²) in [6, 6.07) is 7.66. The zero-order valence-electron chi connectivity index (χ0n) is 22.9. The topological polar surface area (TPSA) is 85.2 Å². The van der Waals surface area contributed by atoms with Crippen LogP contribution in [-0.2, 0) is 6.42 Å². The van der Waals surface area contributed by atoms with Crippen LogP contribution in [0.5, 0.6) is 5.75 Å². The molecule has 8 nitrogen and oxygen atoms in total. The van der Waals surface area contributed by atoms with Crippen LogP contribution < -0.4 is 20.6 Å². The minimum atomic E-state index is -0.719. The maximum Gasteiger partial charge on any atom is 0.355 e. The SMILES string of the molecule is CC(C)c1nccc2c1-n1c(=O)nc(N3CCNC[C@@H]3C)c3cc(F)c(nc31)-c1c(F)cccc1OCCCC2. The highest BCUT2D eigenvalue weighted by Gasteiger charge is 2.29. The molecule has 0 unspecified atom stereocenters. The number of nitrogens with one attached hydrogen (secondary N) is 1. The van der Waals surface area contributed by atoms with Crippen molar-refractivity contribution in [1.29, 1.82) is 0 Å². The molecule has 0 aliphatic carbocycles. The Morgan fingerprint density at radius 3 is 2.77 bits per heavy atom. The Morgan fingerprint density at radius 1 is 1.12 bits per heavy atom. The summed E-state index contributed by atoms with van der Waals surface area (Å²) in [7, 11) is 0. The third-order valence-corrected chi connectivity index (χ3v) is 7.69. The van der Waals surface area contributed by atoms with E-state index in [0.717, 1.165) is 17.7 Å². The second kappa shape index (κ2) is 10.6. The summed E-state index contributed by atoms with van der Waals surface area (Å²) in [6.07, 6.45) is 3.87. The highest BCUT2D eigenvalue weighted by molar-refractivity contribution is 5.91. The predicted molar refractivity (Wildman–Crippen MR) is 150 cm³/mol. The van der Waals surface area contributed by atoms with Crippen molar-refractivity contribution in [1.82, 2.24) is 24.8 Å². The monoisotopic (exact) mass is 546 g/mol. The number of hydrogen-bond donors (Lipinski definition) is 1. The number of halogens is 2. The van der Waals surface area contributed by atoms with Crippen LogP contribution in [0.25, 0.3) is 28.0 Å². The first-order valence-electron chi connectivity index (χ1n) is 13.9. The van der Waals surface area contributed by atoms with Crippen LogP contribution in [0.4, 0.5) is 14.6 Å². The molecule has 1 fully saturated rings. The van der Waals surface area contributed by atoms with Crippen molar-refractivity contribution in [3.63, 3.8) is 0 Å². The lowest BCUT2D eigenvalue weighted by molar-refractivity contribution is 0.306. The van der Waals surface area contributed by atoms with Crippen LogP contribution in [-0.4, -0.2) is 51.8 Å². The van der Waals surface area contributed by atoms with E-state index in [-0.39, 0.29) is 34.6 Å². The molecule has 1 saturated heterocycles. The largest absolute Gasteiger partial charge is 0.493 e. The molecule has 1 aromatic carbocycles. The Morgan fingerprint density at radius 2 is 1.98 bits per heavy atom. The van der Waals surface area contributed by atoms with Gasteiger partial charge in [-0.1, -0.05) is 19.9 Å². The van der Waals surface area contributed by atoms with E-state index in [1.54, 1.807) is 12.3 Å². The van der Waals surface area contributed by atoms with Crippen molar-refractivity contribution in [2.24, 2.45) is 0 Å². The quantitative estimate of drug-likeness (QED) is 0.388. The minimum absolute atomic E-state index is 0.0122. The van der Waals surface area contributed by atoms with Crippen LogP contribution in [0.2, 0.25) is 0 Å². The fraction of sp³-hybridized carbons (Fsp3) is 0.400. The Hall–Kier alpha value is -3.92. The van der Waals surface area contributed by atoms with E-state index in [1.165, 1.54) is 22.8 Å². The molecule has 1 N–H and O–H groups in total. The first-order chi connectivity index (χ1) is 19.3. The molecule has 208 valence electrons. The van der Waals surface area contributed by atoms with Gasteiger partial charge in [0.25, 0.3) is 0 Å².